The molecule has 9 heteroatoms. The molecule has 0 heterocycles. The highest BCUT2D eigenvalue weighted by atomic mass is 32.2. The average molecular weight is 352 g/mol. The van der Waals surface area contributed by atoms with Gasteiger partial charge in [0.05, 0.1) is 11.5 Å². The Labute approximate surface area is 131 Å². The maximum atomic E-state index is 14.7. The second-order valence-electron chi connectivity index (χ2n) is 5.57. The van der Waals surface area contributed by atoms with E-state index < -0.39 is 37.5 Å². The summed E-state index contributed by atoms with van der Waals surface area (Å²) in [7, 11) is -7.05. The van der Waals surface area contributed by atoms with Gasteiger partial charge in [-0.1, -0.05) is 12.1 Å². The second kappa shape index (κ2) is 6.51. The van der Waals surface area contributed by atoms with Crippen LogP contribution in [0.1, 0.15) is 26.3 Å². The molecule has 2 N–H and O–H groups in total. The van der Waals surface area contributed by atoms with Gasteiger partial charge in [-0.25, -0.2) is 25.9 Å². The Morgan fingerprint density at radius 3 is 2.32 bits per heavy atom. The largest absolute Gasteiger partial charge is 0.284 e. The van der Waals surface area contributed by atoms with Crippen LogP contribution in [0.15, 0.2) is 24.3 Å². The molecule has 0 aliphatic rings. The Bertz CT molecular complexity index is 728. The van der Waals surface area contributed by atoms with Crippen molar-refractivity contribution in [1.29, 1.82) is 0 Å². The number of sulfonamides is 2. The van der Waals surface area contributed by atoms with Gasteiger partial charge in [-0.05, 0) is 38.5 Å². The zero-order chi connectivity index (χ0) is 17.2. The van der Waals surface area contributed by atoms with Crippen molar-refractivity contribution < 1.29 is 21.2 Å². The first-order chi connectivity index (χ1) is 9.83. The molecule has 1 unspecified atom stereocenters. The maximum absolute atomic E-state index is 14.7. The monoisotopic (exact) mass is 352 g/mol. The van der Waals surface area contributed by atoms with E-state index in [0.717, 1.165) is 6.26 Å². The predicted molar refractivity (Wildman–Crippen MR) is 85.4 cm³/mol. The molecule has 0 fully saturated rings. The SMILES string of the molecule is CC(C)S(=O)(=O)NCC(C)(F)c1cccc(NS(C)(=O)=O)c1. The van der Waals surface area contributed by atoms with Gasteiger partial charge in [-0.3, -0.25) is 4.72 Å². The molecule has 1 aromatic carbocycles. The highest BCUT2D eigenvalue weighted by Gasteiger charge is 2.29. The predicted octanol–water partition coefficient (Wildman–Crippen LogP) is 1.57. The molecule has 0 saturated carbocycles. The number of rotatable bonds is 7. The van der Waals surface area contributed by atoms with Gasteiger partial charge in [-0.2, -0.15) is 0 Å². The van der Waals surface area contributed by atoms with Crippen LogP contribution in [-0.2, 0) is 25.7 Å². The lowest BCUT2D eigenvalue weighted by Gasteiger charge is -2.23. The molecule has 1 aromatic rings. The molecule has 6 nitrogen and oxygen atoms in total. The van der Waals surface area contributed by atoms with E-state index in [1.807, 2.05) is 0 Å². The summed E-state index contributed by atoms with van der Waals surface area (Å²) in [5, 5.41) is -0.665. The maximum Gasteiger partial charge on any atom is 0.229 e. The van der Waals surface area contributed by atoms with Gasteiger partial charge in [0.25, 0.3) is 0 Å². The van der Waals surface area contributed by atoms with Crippen molar-refractivity contribution in [3.05, 3.63) is 29.8 Å². The van der Waals surface area contributed by atoms with Gasteiger partial charge >= 0.3 is 0 Å². The Hall–Kier alpha value is -1.19. The number of alkyl halides is 1. The molecular weight excluding hydrogens is 331 g/mol. The van der Waals surface area contributed by atoms with Crippen LogP contribution in [0.25, 0.3) is 0 Å². The number of halogens is 1. The van der Waals surface area contributed by atoms with E-state index in [1.54, 1.807) is 0 Å². The summed E-state index contributed by atoms with van der Waals surface area (Å²) in [6.45, 7) is 3.79. The van der Waals surface area contributed by atoms with Crippen molar-refractivity contribution in [2.24, 2.45) is 0 Å². The molecule has 126 valence electrons. The first-order valence-electron chi connectivity index (χ1n) is 6.59. The van der Waals surface area contributed by atoms with Gasteiger partial charge in [-0.15, -0.1) is 0 Å². The van der Waals surface area contributed by atoms with Gasteiger partial charge in [0, 0.05) is 12.2 Å². The molecule has 0 aliphatic heterocycles. The van der Waals surface area contributed by atoms with Crippen LogP contribution in [0, 0.1) is 0 Å². The van der Waals surface area contributed by atoms with Crippen LogP contribution in [0.5, 0.6) is 0 Å². The zero-order valence-corrected chi connectivity index (χ0v) is 14.6. The number of nitrogens with one attached hydrogen (secondary N) is 2. The third kappa shape index (κ3) is 5.54. The molecule has 1 rings (SSSR count). The van der Waals surface area contributed by atoms with Gasteiger partial charge < -0.3 is 0 Å². The summed E-state index contributed by atoms with van der Waals surface area (Å²) in [6, 6.07) is 5.79. The molecule has 0 aliphatic carbocycles. The fourth-order valence-electron chi connectivity index (χ4n) is 1.63. The molecular formula is C13H21FN2O4S2. The summed E-state index contributed by atoms with van der Waals surface area (Å²) >= 11 is 0. The number of hydrogen-bond donors (Lipinski definition) is 2. The van der Waals surface area contributed by atoms with Gasteiger partial charge in [0.1, 0.15) is 5.67 Å². The highest BCUT2D eigenvalue weighted by molar-refractivity contribution is 7.92. The standard InChI is InChI=1S/C13H21FN2O4S2/c1-10(2)22(19,20)15-9-13(3,14)11-6-5-7-12(8-11)16-21(4,17)18/h5-8,10,15-16H,9H2,1-4H3. The first kappa shape index (κ1) is 18.9. The molecule has 1 atom stereocenters. The average Bonchev–Trinajstić information content (AvgIpc) is 2.35. The lowest BCUT2D eigenvalue weighted by Crippen LogP contribution is -2.39. The van der Waals surface area contributed by atoms with Gasteiger partial charge in [0.15, 0.2) is 0 Å². The van der Waals surface area contributed by atoms with E-state index in [2.05, 4.69) is 9.44 Å². The Morgan fingerprint density at radius 1 is 1.23 bits per heavy atom. The summed E-state index contributed by atoms with van der Waals surface area (Å²) in [5.41, 5.74) is -1.58. The van der Waals surface area contributed by atoms with E-state index in [-0.39, 0.29) is 11.3 Å². The topological polar surface area (TPSA) is 92.3 Å². The minimum absolute atomic E-state index is 0.174. The van der Waals surface area contributed by atoms with Crippen LogP contribution in [-0.4, -0.2) is 34.9 Å². The summed E-state index contributed by atoms with van der Waals surface area (Å²) in [6.07, 6.45) is 0.991. The van der Waals surface area contributed by atoms with E-state index in [4.69, 9.17) is 0 Å². The van der Waals surface area contributed by atoms with Crippen LogP contribution in [0.4, 0.5) is 10.1 Å². The number of benzene rings is 1. The van der Waals surface area contributed by atoms with E-state index >= 15 is 0 Å². The summed E-state index contributed by atoms with van der Waals surface area (Å²) in [4.78, 5) is 0. The van der Waals surface area contributed by atoms with Crippen molar-refractivity contribution >= 4 is 25.7 Å². The fourth-order valence-corrected chi connectivity index (χ4v) is 2.99. The van der Waals surface area contributed by atoms with E-state index in [9.17, 15) is 21.2 Å². The highest BCUT2D eigenvalue weighted by Crippen LogP contribution is 2.27. The smallest absolute Gasteiger partial charge is 0.229 e. The Balaban J connectivity index is 2.96. The van der Waals surface area contributed by atoms with Crippen LogP contribution in [0.3, 0.4) is 0 Å². The number of anilines is 1. The Kier molecular flexibility index (Phi) is 5.58. The normalized spacial score (nSPS) is 15.5. The van der Waals surface area contributed by atoms with Gasteiger partial charge in [0.2, 0.25) is 20.0 Å². The quantitative estimate of drug-likeness (QED) is 0.779. The Morgan fingerprint density at radius 2 is 1.82 bits per heavy atom. The zero-order valence-electron chi connectivity index (χ0n) is 12.9. The molecule has 0 spiro atoms. The third-order valence-electron chi connectivity index (χ3n) is 2.99. The molecule has 0 amide bonds. The summed E-state index contributed by atoms with van der Waals surface area (Å²) < 4.78 is 65.0. The lowest BCUT2D eigenvalue weighted by molar-refractivity contribution is 0.196. The van der Waals surface area contributed by atoms with Crippen LogP contribution >= 0.6 is 0 Å². The fraction of sp³-hybridized carbons (Fsp3) is 0.538. The van der Waals surface area contributed by atoms with Crippen molar-refractivity contribution in [2.75, 3.05) is 17.5 Å². The van der Waals surface area contributed by atoms with Crippen molar-refractivity contribution in [3.8, 4) is 0 Å². The van der Waals surface area contributed by atoms with Crippen molar-refractivity contribution in [3.63, 3.8) is 0 Å². The minimum atomic E-state index is -3.58. The molecule has 22 heavy (non-hydrogen) atoms. The van der Waals surface area contributed by atoms with Crippen LogP contribution in [0.2, 0.25) is 0 Å². The minimum Gasteiger partial charge on any atom is -0.284 e. The van der Waals surface area contributed by atoms with Crippen molar-refractivity contribution in [2.45, 2.75) is 31.7 Å². The molecule has 0 bridgehead atoms. The molecule has 0 radical (unpaired) electrons. The van der Waals surface area contributed by atoms with E-state index in [0.29, 0.717) is 0 Å². The third-order valence-corrected chi connectivity index (χ3v) is 5.39. The molecule has 0 saturated heterocycles. The van der Waals surface area contributed by atoms with Crippen molar-refractivity contribution in [1.82, 2.24) is 4.72 Å². The molecule has 0 aromatic heterocycles. The second-order valence-corrected chi connectivity index (χ2v) is 9.64. The summed E-state index contributed by atoms with van der Waals surface area (Å²) in [5.74, 6) is 0. The first-order valence-corrected chi connectivity index (χ1v) is 10.0. The van der Waals surface area contributed by atoms with E-state index in [1.165, 1.54) is 45.0 Å². The lowest BCUT2D eigenvalue weighted by atomic mass is 9.98. The number of hydrogen-bond acceptors (Lipinski definition) is 4. The van der Waals surface area contributed by atoms with Crippen LogP contribution < -0.4 is 9.44 Å².